The fourth-order valence-electron chi connectivity index (χ4n) is 2.16. The van der Waals surface area contributed by atoms with Crippen molar-refractivity contribution in [2.45, 2.75) is 18.7 Å². The Balaban J connectivity index is 1.94. The molecule has 0 heterocycles. The third-order valence-corrected chi connectivity index (χ3v) is 4.88. The van der Waals surface area contributed by atoms with Crippen LogP contribution in [-0.2, 0) is 10.0 Å². The minimum atomic E-state index is -3.56. The number of rotatable bonds is 7. The lowest BCUT2D eigenvalue weighted by Crippen LogP contribution is -2.28. The van der Waals surface area contributed by atoms with Crippen LogP contribution in [0.2, 0.25) is 0 Å². The van der Waals surface area contributed by atoms with Crippen molar-refractivity contribution in [3.63, 3.8) is 0 Å². The highest BCUT2D eigenvalue weighted by molar-refractivity contribution is 7.89. The summed E-state index contributed by atoms with van der Waals surface area (Å²) < 4.78 is 37.8. The second-order valence-corrected chi connectivity index (χ2v) is 6.91. The first kappa shape index (κ1) is 17.3. The largest absolute Gasteiger partial charge is 0.496 e. The SMILES string of the molecule is COc1ccc(S(=O)(=O)NCCOc2ccccc2C)cc1C. The topological polar surface area (TPSA) is 64.6 Å². The number of aryl methyl sites for hydroxylation is 2. The molecule has 0 aliphatic rings. The van der Waals surface area contributed by atoms with Crippen molar-refractivity contribution in [3.05, 3.63) is 53.6 Å². The lowest BCUT2D eigenvalue weighted by atomic mass is 10.2. The summed E-state index contributed by atoms with van der Waals surface area (Å²) in [7, 11) is -2.00. The summed E-state index contributed by atoms with van der Waals surface area (Å²) in [5, 5.41) is 0. The number of benzene rings is 2. The maximum Gasteiger partial charge on any atom is 0.240 e. The van der Waals surface area contributed by atoms with Crippen LogP contribution < -0.4 is 14.2 Å². The van der Waals surface area contributed by atoms with E-state index in [1.165, 1.54) is 6.07 Å². The highest BCUT2D eigenvalue weighted by Crippen LogP contribution is 2.21. The predicted molar refractivity (Wildman–Crippen MR) is 89.6 cm³/mol. The first-order valence-corrected chi connectivity index (χ1v) is 8.75. The maximum absolute atomic E-state index is 12.3. The van der Waals surface area contributed by atoms with Gasteiger partial charge in [-0.25, -0.2) is 13.1 Å². The number of para-hydroxylation sites is 1. The van der Waals surface area contributed by atoms with E-state index in [1.54, 1.807) is 26.2 Å². The Morgan fingerprint density at radius 3 is 2.39 bits per heavy atom. The molecular formula is C17H21NO4S. The molecule has 2 aromatic rings. The average molecular weight is 335 g/mol. The maximum atomic E-state index is 12.3. The zero-order valence-electron chi connectivity index (χ0n) is 13.5. The number of nitrogens with one attached hydrogen (secondary N) is 1. The molecule has 0 fully saturated rings. The third kappa shape index (κ3) is 4.46. The Morgan fingerprint density at radius 1 is 1.00 bits per heavy atom. The molecule has 0 aromatic heterocycles. The van der Waals surface area contributed by atoms with Crippen LogP contribution in [0.5, 0.6) is 11.5 Å². The lowest BCUT2D eigenvalue weighted by Gasteiger charge is -2.11. The molecule has 0 unspecified atom stereocenters. The van der Waals surface area contributed by atoms with Crippen molar-refractivity contribution < 1.29 is 17.9 Å². The van der Waals surface area contributed by atoms with Crippen molar-refractivity contribution in [2.24, 2.45) is 0 Å². The van der Waals surface area contributed by atoms with Crippen LogP contribution in [0.25, 0.3) is 0 Å². The van der Waals surface area contributed by atoms with E-state index in [2.05, 4.69) is 4.72 Å². The zero-order valence-corrected chi connectivity index (χ0v) is 14.3. The fraction of sp³-hybridized carbons (Fsp3) is 0.294. The molecule has 0 radical (unpaired) electrons. The van der Waals surface area contributed by atoms with Gasteiger partial charge in [-0.15, -0.1) is 0 Å². The Hall–Kier alpha value is -2.05. The Labute approximate surface area is 137 Å². The smallest absolute Gasteiger partial charge is 0.240 e. The molecule has 0 bridgehead atoms. The Bertz CT molecular complexity index is 772. The normalized spacial score (nSPS) is 11.3. The first-order chi connectivity index (χ1) is 10.9. The van der Waals surface area contributed by atoms with Gasteiger partial charge in [0.25, 0.3) is 0 Å². The molecule has 1 N–H and O–H groups in total. The summed E-state index contributed by atoms with van der Waals surface area (Å²) in [6.45, 7) is 4.21. The molecular weight excluding hydrogens is 314 g/mol. The van der Waals surface area contributed by atoms with E-state index in [4.69, 9.17) is 9.47 Å². The number of methoxy groups -OCH3 is 1. The van der Waals surface area contributed by atoms with Gasteiger partial charge in [-0.2, -0.15) is 0 Å². The van der Waals surface area contributed by atoms with Gasteiger partial charge in [0.1, 0.15) is 18.1 Å². The van der Waals surface area contributed by atoms with Gasteiger partial charge >= 0.3 is 0 Å². The van der Waals surface area contributed by atoms with E-state index in [-0.39, 0.29) is 18.0 Å². The van der Waals surface area contributed by atoms with Crippen LogP contribution >= 0.6 is 0 Å². The van der Waals surface area contributed by atoms with Crippen molar-refractivity contribution in [1.82, 2.24) is 4.72 Å². The quantitative estimate of drug-likeness (QED) is 0.790. The standard InChI is InChI=1S/C17H21NO4S/c1-13-6-4-5-7-17(13)22-11-10-18-23(19,20)15-8-9-16(21-3)14(2)12-15/h4-9,12,18H,10-11H2,1-3H3. The lowest BCUT2D eigenvalue weighted by molar-refractivity contribution is 0.320. The molecule has 0 aliphatic heterocycles. The van der Waals surface area contributed by atoms with Crippen LogP contribution in [0.1, 0.15) is 11.1 Å². The summed E-state index contributed by atoms with van der Waals surface area (Å²) in [6, 6.07) is 12.4. The molecule has 0 spiro atoms. The predicted octanol–water partition coefficient (Wildman–Crippen LogP) is 2.67. The van der Waals surface area contributed by atoms with Crippen LogP contribution in [0, 0.1) is 13.8 Å². The molecule has 23 heavy (non-hydrogen) atoms. The van der Waals surface area contributed by atoms with Crippen molar-refractivity contribution in [2.75, 3.05) is 20.3 Å². The molecule has 0 amide bonds. The number of ether oxygens (including phenoxy) is 2. The molecule has 0 atom stereocenters. The van der Waals surface area contributed by atoms with Gasteiger partial charge in [-0.1, -0.05) is 18.2 Å². The highest BCUT2D eigenvalue weighted by Gasteiger charge is 2.14. The minimum Gasteiger partial charge on any atom is -0.496 e. The molecule has 124 valence electrons. The van der Waals surface area contributed by atoms with Crippen molar-refractivity contribution >= 4 is 10.0 Å². The van der Waals surface area contributed by atoms with Gasteiger partial charge in [0.2, 0.25) is 10.0 Å². The van der Waals surface area contributed by atoms with E-state index in [0.29, 0.717) is 5.75 Å². The summed E-state index contributed by atoms with van der Waals surface area (Å²) in [5.74, 6) is 1.42. The van der Waals surface area contributed by atoms with E-state index in [9.17, 15) is 8.42 Å². The van der Waals surface area contributed by atoms with E-state index in [0.717, 1.165) is 16.9 Å². The number of hydrogen-bond donors (Lipinski definition) is 1. The molecule has 5 nitrogen and oxygen atoms in total. The van der Waals surface area contributed by atoms with Gasteiger partial charge in [-0.05, 0) is 49.2 Å². The van der Waals surface area contributed by atoms with Crippen molar-refractivity contribution in [1.29, 1.82) is 0 Å². The Morgan fingerprint density at radius 2 is 1.74 bits per heavy atom. The average Bonchev–Trinajstić information content (AvgIpc) is 2.53. The summed E-state index contributed by atoms with van der Waals surface area (Å²) in [4.78, 5) is 0.215. The monoisotopic (exact) mass is 335 g/mol. The van der Waals surface area contributed by atoms with Gasteiger partial charge in [0.15, 0.2) is 0 Å². The number of sulfonamides is 1. The molecule has 6 heteroatoms. The second kappa shape index (κ2) is 7.48. The van der Waals surface area contributed by atoms with Crippen LogP contribution in [0.4, 0.5) is 0 Å². The molecule has 0 aliphatic carbocycles. The summed E-state index contributed by atoms with van der Waals surface area (Å²) >= 11 is 0. The Kier molecular flexibility index (Phi) is 5.63. The molecule has 2 rings (SSSR count). The molecule has 0 saturated carbocycles. The second-order valence-electron chi connectivity index (χ2n) is 5.14. The van der Waals surface area contributed by atoms with Gasteiger partial charge < -0.3 is 9.47 Å². The minimum absolute atomic E-state index is 0.196. The fourth-order valence-corrected chi connectivity index (χ4v) is 3.25. The number of hydrogen-bond acceptors (Lipinski definition) is 4. The summed E-state index contributed by atoms with van der Waals surface area (Å²) in [6.07, 6.45) is 0. The van der Waals surface area contributed by atoms with Crippen LogP contribution in [0.15, 0.2) is 47.4 Å². The molecule has 2 aromatic carbocycles. The zero-order chi connectivity index (χ0) is 16.9. The van der Waals surface area contributed by atoms with Crippen molar-refractivity contribution in [3.8, 4) is 11.5 Å². The van der Waals surface area contributed by atoms with Crippen LogP contribution in [-0.4, -0.2) is 28.7 Å². The van der Waals surface area contributed by atoms with Crippen LogP contribution in [0.3, 0.4) is 0 Å². The third-order valence-electron chi connectivity index (χ3n) is 3.42. The summed E-state index contributed by atoms with van der Waals surface area (Å²) in [5.41, 5.74) is 1.78. The van der Waals surface area contributed by atoms with Gasteiger partial charge in [-0.3, -0.25) is 0 Å². The highest BCUT2D eigenvalue weighted by atomic mass is 32.2. The first-order valence-electron chi connectivity index (χ1n) is 7.27. The van der Waals surface area contributed by atoms with Gasteiger partial charge in [0, 0.05) is 6.54 Å². The van der Waals surface area contributed by atoms with E-state index >= 15 is 0 Å². The molecule has 0 saturated heterocycles. The van der Waals surface area contributed by atoms with E-state index < -0.39 is 10.0 Å². The van der Waals surface area contributed by atoms with Gasteiger partial charge in [0.05, 0.1) is 12.0 Å². The van der Waals surface area contributed by atoms with E-state index in [1.807, 2.05) is 31.2 Å².